The minimum absolute atomic E-state index is 0.0452. The quantitative estimate of drug-likeness (QED) is 0.338. The van der Waals surface area contributed by atoms with Crippen molar-refractivity contribution in [3.63, 3.8) is 0 Å². The van der Waals surface area contributed by atoms with Crippen molar-refractivity contribution in [1.29, 1.82) is 0 Å². The summed E-state index contributed by atoms with van der Waals surface area (Å²) in [4.78, 5) is 22.4. The molecule has 0 saturated heterocycles. The van der Waals surface area contributed by atoms with Crippen molar-refractivity contribution in [2.24, 2.45) is 0 Å². The van der Waals surface area contributed by atoms with Crippen LogP contribution in [0.5, 0.6) is 11.5 Å². The monoisotopic (exact) mass is 553 g/mol. The number of rotatable bonds is 6. The van der Waals surface area contributed by atoms with Gasteiger partial charge in [-0.1, -0.05) is 18.2 Å². The summed E-state index contributed by atoms with van der Waals surface area (Å²) < 4.78 is 91.7. The Kier molecular flexibility index (Phi) is 7.06. The number of halogens is 6. The Balaban J connectivity index is 1.95. The van der Waals surface area contributed by atoms with E-state index < -0.39 is 29.1 Å². The molecule has 13 heteroatoms. The number of methoxy groups -OCH3 is 2. The standard InChI is InChI=1S/C26H21F6N3O4/c1-14-4-5-15(13-33-14)10-22-34-19-12-21(39-3)20(38-2)11-18(19)23(36)35(22)17-8-6-16(7-9-17)24(37,25(27,28)29)26(30,31)32/h4-9,11-13,37H,10H2,1-3H3. The molecule has 0 fully saturated rings. The average molecular weight is 553 g/mol. The lowest BCUT2D eigenvalue weighted by molar-refractivity contribution is -0.376. The molecule has 0 saturated carbocycles. The highest BCUT2D eigenvalue weighted by molar-refractivity contribution is 5.82. The molecule has 206 valence electrons. The number of hydrogen-bond acceptors (Lipinski definition) is 6. The average Bonchev–Trinajstić information content (AvgIpc) is 2.88. The first-order valence-electron chi connectivity index (χ1n) is 11.3. The number of nitrogens with zero attached hydrogens (tertiary/aromatic N) is 3. The Hall–Kier alpha value is -4.13. The van der Waals surface area contributed by atoms with Crippen LogP contribution in [0.25, 0.3) is 16.6 Å². The van der Waals surface area contributed by atoms with Gasteiger partial charge in [0.05, 0.1) is 30.8 Å². The van der Waals surface area contributed by atoms with Crippen molar-refractivity contribution < 1.29 is 40.9 Å². The van der Waals surface area contributed by atoms with Crippen LogP contribution in [0, 0.1) is 6.92 Å². The van der Waals surface area contributed by atoms with Gasteiger partial charge in [-0.25, -0.2) is 4.98 Å². The van der Waals surface area contributed by atoms with Crippen LogP contribution in [-0.2, 0) is 12.0 Å². The van der Waals surface area contributed by atoms with E-state index in [1.54, 1.807) is 25.3 Å². The maximum absolute atomic E-state index is 13.7. The van der Waals surface area contributed by atoms with Gasteiger partial charge in [-0.2, -0.15) is 26.3 Å². The fourth-order valence-corrected chi connectivity index (χ4v) is 4.07. The van der Waals surface area contributed by atoms with Gasteiger partial charge in [-0.3, -0.25) is 14.3 Å². The topological polar surface area (TPSA) is 86.5 Å². The van der Waals surface area contributed by atoms with Crippen LogP contribution < -0.4 is 15.0 Å². The zero-order valence-electron chi connectivity index (χ0n) is 20.7. The molecular formula is C26H21F6N3O4. The molecule has 0 radical (unpaired) electrons. The SMILES string of the molecule is COc1cc2nc(Cc3ccc(C)nc3)n(-c3ccc(C(O)(C(F)(F)F)C(F)(F)F)cc3)c(=O)c2cc1OC. The van der Waals surface area contributed by atoms with E-state index in [2.05, 4.69) is 9.97 Å². The summed E-state index contributed by atoms with van der Waals surface area (Å²) in [6.45, 7) is 1.78. The van der Waals surface area contributed by atoms with Gasteiger partial charge in [0.2, 0.25) is 0 Å². The summed E-state index contributed by atoms with van der Waals surface area (Å²) in [5, 5.41) is 9.79. The molecule has 0 aliphatic rings. The number of alkyl halides is 6. The second kappa shape index (κ2) is 9.88. The third kappa shape index (κ3) is 4.89. The third-order valence-electron chi connectivity index (χ3n) is 6.14. The summed E-state index contributed by atoms with van der Waals surface area (Å²) >= 11 is 0. The van der Waals surface area contributed by atoms with E-state index in [1.165, 1.54) is 26.4 Å². The minimum Gasteiger partial charge on any atom is -0.493 e. The summed E-state index contributed by atoms with van der Waals surface area (Å²) in [6.07, 6.45) is -10.5. The lowest BCUT2D eigenvalue weighted by atomic mass is 9.92. The first-order valence-corrected chi connectivity index (χ1v) is 11.3. The molecular weight excluding hydrogens is 532 g/mol. The number of aryl methyl sites for hydroxylation is 1. The molecule has 1 N–H and O–H groups in total. The third-order valence-corrected chi connectivity index (χ3v) is 6.14. The summed E-state index contributed by atoms with van der Waals surface area (Å²) in [6, 6.07) is 9.03. The lowest BCUT2D eigenvalue weighted by Gasteiger charge is -2.32. The number of aromatic nitrogens is 3. The largest absolute Gasteiger partial charge is 0.493 e. The van der Waals surface area contributed by atoms with Gasteiger partial charge in [-0.15, -0.1) is 0 Å². The minimum atomic E-state index is -6.05. The summed E-state index contributed by atoms with van der Waals surface area (Å²) in [7, 11) is 2.75. The van der Waals surface area contributed by atoms with Gasteiger partial charge >= 0.3 is 12.4 Å². The summed E-state index contributed by atoms with van der Waals surface area (Å²) in [5.74, 6) is 0.627. The second-order valence-electron chi connectivity index (χ2n) is 8.63. The number of hydrogen-bond donors (Lipinski definition) is 1. The first kappa shape index (κ1) is 27.9. The molecule has 0 aliphatic carbocycles. The van der Waals surface area contributed by atoms with Gasteiger partial charge in [0, 0.05) is 29.9 Å². The molecule has 0 amide bonds. The predicted molar refractivity (Wildman–Crippen MR) is 128 cm³/mol. The fourth-order valence-electron chi connectivity index (χ4n) is 4.07. The van der Waals surface area contributed by atoms with Crippen molar-refractivity contribution in [1.82, 2.24) is 14.5 Å². The maximum atomic E-state index is 13.7. The van der Waals surface area contributed by atoms with E-state index in [0.717, 1.165) is 22.4 Å². The van der Waals surface area contributed by atoms with Crippen LogP contribution in [0.1, 0.15) is 22.6 Å². The molecule has 0 spiro atoms. The molecule has 0 aliphatic heterocycles. The highest BCUT2D eigenvalue weighted by atomic mass is 19.4. The summed E-state index contributed by atoms with van der Waals surface area (Å²) in [5.41, 5.74) is -5.70. The molecule has 2 aromatic carbocycles. The van der Waals surface area contributed by atoms with Crippen LogP contribution in [0.4, 0.5) is 26.3 Å². The molecule has 0 unspecified atom stereocenters. The van der Waals surface area contributed by atoms with Crippen LogP contribution in [0.15, 0.2) is 59.5 Å². The predicted octanol–water partition coefficient (Wildman–Crippen LogP) is 5.01. The van der Waals surface area contributed by atoms with Crippen molar-refractivity contribution in [3.05, 3.63) is 87.7 Å². The highest BCUT2D eigenvalue weighted by Crippen LogP contribution is 2.50. The van der Waals surface area contributed by atoms with E-state index in [1.807, 2.05) is 0 Å². The first-order chi connectivity index (χ1) is 18.2. The van der Waals surface area contributed by atoms with Gasteiger partial charge in [0.25, 0.3) is 11.2 Å². The molecule has 4 aromatic rings. The van der Waals surface area contributed by atoms with Gasteiger partial charge < -0.3 is 14.6 Å². The number of benzene rings is 2. The Labute approximate surface area is 217 Å². The van der Waals surface area contributed by atoms with Crippen molar-refractivity contribution in [3.8, 4) is 17.2 Å². The molecule has 0 bridgehead atoms. The van der Waals surface area contributed by atoms with Crippen molar-refractivity contribution in [2.45, 2.75) is 31.3 Å². The number of fused-ring (bicyclic) bond motifs is 1. The molecule has 2 heterocycles. The van der Waals surface area contributed by atoms with Crippen molar-refractivity contribution in [2.75, 3.05) is 14.2 Å². The Morgan fingerprint density at radius 1 is 0.897 bits per heavy atom. The fraction of sp³-hybridized carbons (Fsp3) is 0.269. The van der Waals surface area contributed by atoms with E-state index >= 15 is 0 Å². The highest BCUT2D eigenvalue weighted by Gasteiger charge is 2.71. The maximum Gasteiger partial charge on any atom is 0.430 e. The van der Waals surface area contributed by atoms with Crippen LogP contribution in [0.2, 0.25) is 0 Å². The zero-order valence-corrected chi connectivity index (χ0v) is 20.7. The van der Waals surface area contributed by atoms with Gasteiger partial charge in [0.15, 0.2) is 11.5 Å². The zero-order chi connectivity index (χ0) is 28.8. The van der Waals surface area contributed by atoms with E-state index in [9.17, 15) is 36.2 Å². The molecule has 7 nitrogen and oxygen atoms in total. The number of pyridine rings is 1. The van der Waals surface area contributed by atoms with Gasteiger partial charge in [-0.05, 0) is 36.8 Å². The molecule has 2 aromatic heterocycles. The number of aliphatic hydroxyl groups is 1. The molecule has 4 rings (SSSR count). The number of ether oxygens (including phenoxy) is 2. The van der Waals surface area contributed by atoms with Crippen LogP contribution in [0.3, 0.4) is 0 Å². The van der Waals surface area contributed by atoms with Crippen molar-refractivity contribution >= 4 is 10.9 Å². The van der Waals surface area contributed by atoms with E-state index in [4.69, 9.17) is 9.47 Å². The smallest absolute Gasteiger partial charge is 0.430 e. The van der Waals surface area contributed by atoms with Crippen LogP contribution >= 0.6 is 0 Å². The van der Waals surface area contributed by atoms with Gasteiger partial charge in [0.1, 0.15) is 5.82 Å². The van der Waals surface area contributed by atoms with E-state index in [-0.39, 0.29) is 34.6 Å². The van der Waals surface area contributed by atoms with E-state index in [0.29, 0.717) is 23.4 Å². The second-order valence-corrected chi connectivity index (χ2v) is 8.63. The lowest BCUT2D eigenvalue weighted by Crippen LogP contribution is -2.53. The van der Waals surface area contributed by atoms with Crippen LogP contribution in [-0.4, -0.2) is 46.2 Å². The molecule has 39 heavy (non-hydrogen) atoms. The normalized spacial score (nSPS) is 12.6. The Morgan fingerprint density at radius 2 is 1.49 bits per heavy atom. The molecule has 0 atom stereocenters. The Bertz CT molecular complexity index is 1550. The Morgan fingerprint density at radius 3 is 2.00 bits per heavy atom.